The Morgan fingerprint density at radius 3 is 0.154 bits per heavy atom. The molecule has 0 saturated carbocycles. The third-order valence-corrected chi connectivity index (χ3v) is 0. The summed E-state index contributed by atoms with van der Waals surface area (Å²) in [5.41, 5.74) is 0. The van der Waals surface area contributed by atoms with Crippen LogP contribution in [-0.2, 0) is 250 Å². The van der Waals surface area contributed by atoms with Crippen molar-refractivity contribution in [2.24, 2.45) is 0 Å². The van der Waals surface area contributed by atoms with Crippen LogP contribution in [0.5, 0.6) is 0 Å². The maximum absolute atomic E-state index is 0. The molecule has 13 heteroatoms. The summed E-state index contributed by atoms with van der Waals surface area (Å²) in [6.07, 6.45) is 0. The molecule has 0 aliphatic carbocycles. The topological polar surface area (TPSA) is 0 Å². The normalized spacial score (nSPS) is 0. The van der Waals surface area contributed by atoms with Gasteiger partial charge in [0, 0.05) is 250 Å². The molecule has 0 fully saturated rings. The Bertz CT molecular complexity index is 12.9. The first kappa shape index (κ1) is 133. The Hall–Kier alpha value is 7.90. The molecule has 0 aromatic rings. The summed E-state index contributed by atoms with van der Waals surface area (Å²) < 4.78 is 0. The van der Waals surface area contributed by atoms with E-state index in [9.17, 15) is 0 Å². The van der Waals surface area contributed by atoms with Gasteiger partial charge >= 0.3 is 0 Å². The molecule has 0 atom stereocenters. The fourth-order valence-corrected chi connectivity index (χ4v) is 0. The standard InChI is InChI=1S/6Nb.7Ni. The number of rotatable bonds is 0. The molecule has 0 amide bonds. The quantitative estimate of drug-likeness (QED) is 0.300. The zero-order valence-corrected chi connectivity index (χ0v) is 25.0. The second kappa shape index (κ2) is 114. The molecule has 13 heavy (non-hydrogen) atoms. The molecule has 0 spiro atoms. The second-order valence-electron chi connectivity index (χ2n) is 0. The van der Waals surface area contributed by atoms with Gasteiger partial charge in [0.05, 0.1) is 0 Å². The molecular weight excluding hydrogens is 968 g/mol. The predicted molar refractivity (Wildman–Crippen MR) is 0 cm³/mol. The van der Waals surface area contributed by atoms with Crippen LogP contribution in [0.3, 0.4) is 0 Å². The molecule has 0 heterocycles. The molecule has 0 nitrogen and oxygen atoms in total. The van der Waals surface area contributed by atoms with E-state index < -0.39 is 0 Å². The minimum atomic E-state index is 0. The van der Waals surface area contributed by atoms with E-state index in [1.54, 1.807) is 0 Å². The molecule has 0 N–H and O–H groups in total. The van der Waals surface area contributed by atoms with Crippen molar-refractivity contribution < 1.29 is 250 Å². The molecule has 0 bridgehead atoms. The molecule has 0 rings (SSSR count). The molecule has 100 valence electrons. The molecule has 0 aromatic carbocycles. The van der Waals surface area contributed by atoms with E-state index in [1.807, 2.05) is 0 Å². The minimum Gasteiger partial charge on any atom is 0 e. The van der Waals surface area contributed by atoms with Crippen LogP contribution in [0.25, 0.3) is 0 Å². The van der Waals surface area contributed by atoms with E-state index >= 15 is 0 Å². The summed E-state index contributed by atoms with van der Waals surface area (Å²) in [5.74, 6) is 0. The van der Waals surface area contributed by atoms with Crippen molar-refractivity contribution in [1.29, 1.82) is 0 Å². The van der Waals surface area contributed by atoms with Crippen LogP contribution >= 0.6 is 0 Å². The molecule has 0 aliphatic rings. The first-order valence-electron chi connectivity index (χ1n) is 0. The third-order valence-electron chi connectivity index (χ3n) is 0. The van der Waals surface area contributed by atoms with E-state index in [2.05, 4.69) is 0 Å². The fraction of sp³-hybridized carbons (Fsp3) is 0. The van der Waals surface area contributed by atoms with E-state index in [0.29, 0.717) is 0 Å². The van der Waals surface area contributed by atoms with Crippen molar-refractivity contribution >= 4 is 0 Å². The average Bonchev–Trinajstić information content (AvgIpc) is 0. The smallest absolute Gasteiger partial charge is 0 e. The summed E-state index contributed by atoms with van der Waals surface area (Å²) in [7, 11) is 0. The van der Waals surface area contributed by atoms with Crippen molar-refractivity contribution in [2.45, 2.75) is 0 Å². The van der Waals surface area contributed by atoms with Gasteiger partial charge in [-0.2, -0.15) is 0 Å². The first-order chi connectivity index (χ1) is 0. The zero-order valence-electron chi connectivity index (χ0n) is 4.90. The van der Waals surface area contributed by atoms with Gasteiger partial charge in [-0.25, -0.2) is 0 Å². The van der Waals surface area contributed by atoms with Crippen LogP contribution < -0.4 is 0 Å². The summed E-state index contributed by atoms with van der Waals surface area (Å²) in [6, 6.07) is 0. The summed E-state index contributed by atoms with van der Waals surface area (Å²) in [4.78, 5) is 0. The maximum Gasteiger partial charge on any atom is 0 e. The van der Waals surface area contributed by atoms with Crippen molar-refractivity contribution in [3.05, 3.63) is 0 Å². The zero-order chi connectivity index (χ0) is 0. The van der Waals surface area contributed by atoms with Crippen molar-refractivity contribution in [3.8, 4) is 0 Å². The van der Waals surface area contributed by atoms with Gasteiger partial charge in [0.2, 0.25) is 0 Å². The third kappa shape index (κ3) is 102. The van der Waals surface area contributed by atoms with Crippen molar-refractivity contribution in [2.75, 3.05) is 0 Å². The SMILES string of the molecule is [Nb].[Nb].[Nb].[Nb].[Nb].[Nb].[Ni].[Ni].[Ni].[Ni].[Ni].[Ni].[Ni]. The van der Waals surface area contributed by atoms with Gasteiger partial charge in [-0.1, -0.05) is 0 Å². The van der Waals surface area contributed by atoms with Gasteiger partial charge < -0.3 is 0 Å². The summed E-state index contributed by atoms with van der Waals surface area (Å²) in [6.45, 7) is 0. The molecule has 0 aliphatic heterocycles. The van der Waals surface area contributed by atoms with Gasteiger partial charge in [0.25, 0.3) is 0 Å². The monoisotopic (exact) mass is 963 g/mol. The minimum absolute atomic E-state index is 0. The summed E-state index contributed by atoms with van der Waals surface area (Å²) in [5, 5.41) is 0. The van der Waals surface area contributed by atoms with Gasteiger partial charge in [-0.05, 0) is 0 Å². The van der Waals surface area contributed by atoms with Crippen LogP contribution in [0.2, 0.25) is 0 Å². The van der Waals surface area contributed by atoms with E-state index in [4.69, 9.17) is 0 Å². The Balaban J connectivity index is 0. The van der Waals surface area contributed by atoms with Gasteiger partial charge in [0.1, 0.15) is 0 Å². The molecule has 0 unspecified atom stereocenters. The first-order valence-corrected chi connectivity index (χ1v) is 0. The van der Waals surface area contributed by atoms with Crippen LogP contribution in [-0.4, -0.2) is 0 Å². The van der Waals surface area contributed by atoms with E-state index in [-0.39, 0.29) is 250 Å². The number of hydrogen-bond donors (Lipinski definition) is 0. The van der Waals surface area contributed by atoms with Crippen molar-refractivity contribution in [3.63, 3.8) is 0 Å². The van der Waals surface area contributed by atoms with Gasteiger partial charge in [0.15, 0.2) is 0 Å². The average molecular weight is 968 g/mol. The van der Waals surface area contributed by atoms with Gasteiger partial charge in [-0.15, -0.1) is 0 Å². The molecule has 0 saturated heterocycles. The van der Waals surface area contributed by atoms with Crippen LogP contribution in [0, 0.1) is 0 Å². The van der Waals surface area contributed by atoms with Crippen molar-refractivity contribution in [1.82, 2.24) is 0 Å². The molecule has 0 aromatic heterocycles. The van der Waals surface area contributed by atoms with Crippen LogP contribution in [0.15, 0.2) is 0 Å². The van der Waals surface area contributed by atoms with Gasteiger partial charge in [-0.3, -0.25) is 0 Å². The van der Waals surface area contributed by atoms with E-state index in [1.165, 1.54) is 0 Å². The maximum atomic E-state index is 0. The predicted octanol–water partition coefficient (Wildman–Crippen LogP) is -0.0325. The van der Waals surface area contributed by atoms with Crippen LogP contribution in [0.4, 0.5) is 0 Å². The Kier molecular flexibility index (Phi) is 1160. The Morgan fingerprint density at radius 2 is 0.154 bits per heavy atom. The largest absolute Gasteiger partial charge is 0 e. The summed E-state index contributed by atoms with van der Waals surface area (Å²) >= 11 is 0. The number of hydrogen-bond acceptors (Lipinski definition) is 0. The Labute approximate surface area is 243 Å². The molecule has 6 radical (unpaired) electrons. The Morgan fingerprint density at radius 1 is 0.154 bits per heavy atom. The fourth-order valence-electron chi connectivity index (χ4n) is 0. The second-order valence-corrected chi connectivity index (χ2v) is 0. The van der Waals surface area contributed by atoms with E-state index in [0.717, 1.165) is 0 Å². The van der Waals surface area contributed by atoms with Crippen LogP contribution in [0.1, 0.15) is 0 Å². The molecular formula is Nb6Ni7.